The molecule has 1 heterocycles. The first-order chi connectivity index (χ1) is 19.1. The number of rotatable bonds is 7. The molecule has 0 fully saturated rings. The Morgan fingerprint density at radius 1 is 0.683 bits per heavy atom. The van der Waals surface area contributed by atoms with E-state index in [9.17, 15) is 26.3 Å². The molecule has 41 heavy (non-hydrogen) atoms. The van der Waals surface area contributed by atoms with E-state index in [1.165, 1.54) is 24.3 Å². The molecule has 0 aliphatic heterocycles. The molecule has 0 unspecified atom stereocenters. The first-order valence-electron chi connectivity index (χ1n) is 12.9. The van der Waals surface area contributed by atoms with Crippen LogP contribution in [0.25, 0.3) is 11.3 Å². The fraction of sp³-hybridized carbons (Fsp3) is 0.281. The number of hydrogen-bond acceptors (Lipinski definition) is 3. The van der Waals surface area contributed by atoms with E-state index in [1.807, 2.05) is 50.8 Å². The van der Waals surface area contributed by atoms with Crippen LogP contribution in [-0.2, 0) is 25.4 Å². The highest BCUT2D eigenvalue weighted by Crippen LogP contribution is 2.32. The Morgan fingerprint density at radius 2 is 1.22 bits per heavy atom. The van der Waals surface area contributed by atoms with Gasteiger partial charge in [0.1, 0.15) is 17.2 Å². The summed E-state index contributed by atoms with van der Waals surface area (Å²) in [4.78, 5) is 6.62. The largest absolute Gasteiger partial charge is 0.488 e. The Bertz CT molecular complexity index is 1470. The van der Waals surface area contributed by atoms with Crippen molar-refractivity contribution < 1.29 is 31.1 Å². The van der Waals surface area contributed by atoms with Crippen LogP contribution in [0.2, 0.25) is 0 Å². The normalized spacial score (nSPS) is 12.3. The van der Waals surface area contributed by atoms with Crippen molar-refractivity contribution in [2.45, 2.75) is 58.7 Å². The second kappa shape index (κ2) is 11.5. The molecule has 0 aliphatic carbocycles. The maximum atomic E-state index is 13.1. The van der Waals surface area contributed by atoms with Gasteiger partial charge in [-0.15, -0.1) is 0 Å². The summed E-state index contributed by atoms with van der Waals surface area (Å²) < 4.78 is 84.5. The van der Waals surface area contributed by atoms with Crippen molar-refractivity contribution in [2.75, 3.05) is 4.90 Å². The molecule has 0 atom stereocenters. The number of aryl methyl sites for hydroxylation is 1. The van der Waals surface area contributed by atoms with Crippen LogP contribution in [0.1, 0.15) is 48.6 Å². The van der Waals surface area contributed by atoms with Crippen LogP contribution in [0.4, 0.5) is 32.2 Å². The average Bonchev–Trinajstić information content (AvgIpc) is 2.89. The van der Waals surface area contributed by atoms with Gasteiger partial charge in [-0.1, -0.05) is 42.5 Å². The van der Waals surface area contributed by atoms with Gasteiger partial charge in [0.2, 0.25) is 0 Å². The predicted molar refractivity (Wildman–Crippen MR) is 148 cm³/mol. The predicted octanol–water partition coefficient (Wildman–Crippen LogP) is 9.48. The smallest absolute Gasteiger partial charge is 0.416 e. The maximum absolute atomic E-state index is 13.1. The van der Waals surface area contributed by atoms with Gasteiger partial charge >= 0.3 is 12.4 Å². The maximum Gasteiger partial charge on any atom is 0.416 e. The summed E-state index contributed by atoms with van der Waals surface area (Å²) in [7, 11) is 0. The third kappa shape index (κ3) is 8.02. The number of nitrogens with zero attached hydrogens (tertiary/aromatic N) is 2. The zero-order chi connectivity index (χ0) is 30.0. The van der Waals surface area contributed by atoms with Crippen LogP contribution in [0, 0.1) is 6.92 Å². The van der Waals surface area contributed by atoms with Crippen molar-refractivity contribution in [3.05, 3.63) is 113 Å². The van der Waals surface area contributed by atoms with E-state index in [0.717, 1.165) is 41.1 Å². The number of alkyl halides is 6. The van der Waals surface area contributed by atoms with Crippen LogP contribution in [-0.4, -0.2) is 10.6 Å². The Kier molecular flexibility index (Phi) is 8.38. The number of hydrogen-bond donors (Lipinski definition) is 0. The number of aromatic nitrogens is 1. The Morgan fingerprint density at radius 3 is 1.76 bits per heavy atom. The van der Waals surface area contributed by atoms with Gasteiger partial charge in [0.05, 0.1) is 16.8 Å². The first-order valence-corrected chi connectivity index (χ1v) is 12.9. The van der Waals surface area contributed by atoms with Gasteiger partial charge in [-0.2, -0.15) is 26.3 Å². The standard InChI is InChI=1S/C32H30F6N2O/c1-21-18-23(10-17-28(21)41-30(2,3)4)20-40(19-22-8-13-25(14-9-22)31(33,34)35)29-7-5-6-27(39-29)24-11-15-26(16-12-24)32(36,37)38/h5-18H,19-20H2,1-4H3. The molecule has 4 rings (SSSR count). The van der Waals surface area contributed by atoms with Crippen LogP contribution in [0.15, 0.2) is 84.9 Å². The fourth-order valence-corrected chi connectivity index (χ4v) is 4.30. The van der Waals surface area contributed by atoms with Gasteiger partial charge < -0.3 is 9.64 Å². The molecule has 0 saturated carbocycles. The van der Waals surface area contributed by atoms with E-state index < -0.39 is 23.5 Å². The summed E-state index contributed by atoms with van der Waals surface area (Å²) in [6.07, 6.45) is -8.89. The quantitative estimate of drug-likeness (QED) is 0.206. The van der Waals surface area contributed by atoms with Gasteiger partial charge in [0.25, 0.3) is 0 Å². The highest BCUT2D eigenvalue weighted by atomic mass is 19.4. The molecule has 0 bridgehead atoms. The number of benzene rings is 3. The lowest BCUT2D eigenvalue weighted by Crippen LogP contribution is -2.24. The van der Waals surface area contributed by atoms with E-state index in [-0.39, 0.29) is 12.1 Å². The summed E-state index contributed by atoms with van der Waals surface area (Å²) >= 11 is 0. The summed E-state index contributed by atoms with van der Waals surface area (Å²) in [6, 6.07) is 20.7. The molecular formula is C32H30F6N2O. The van der Waals surface area contributed by atoms with Crippen molar-refractivity contribution >= 4 is 5.82 Å². The van der Waals surface area contributed by atoms with Crippen LogP contribution >= 0.6 is 0 Å². The Labute approximate surface area is 235 Å². The molecule has 0 spiro atoms. The molecule has 0 N–H and O–H groups in total. The number of anilines is 1. The number of pyridine rings is 1. The van der Waals surface area contributed by atoms with Gasteiger partial charge in [0.15, 0.2) is 0 Å². The third-order valence-electron chi connectivity index (χ3n) is 6.25. The summed E-state index contributed by atoms with van der Waals surface area (Å²) in [5.41, 5.74) is 1.62. The number of ether oxygens (including phenoxy) is 1. The molecule has 3 nitrogen and oxygen atoms in total. The third-order valence-corrected chi connectivity index (χ3v) is 6.25. The lowest BCUT2D eigenvalue weighted by molar-refractivity contribution is -0.138. The lowest BCUT2D eigenvalue weighted by atomic mass is 10.1. The van der Waals surface area contributed by atoms with Gasteiger partial charge in [-0.3, -0.25) is 0 Å². The highest BCUT2D eigenvalue weighted by molar-refractivity contribution is 5.62. The second-order valence-corrected chi connectivity index (χ2v) is 10.8. The van der Waals surface area contributed by atoms with E-state index in [0.29, 0.717) is 29.2 Å². The molecule has 0 aliphatic rings. The lowest BCUT2D eigenvalue weighted by Gasteiger charge is -2.26. The monoisotopic (exact) mass is 572 g/mol. The van der Waals surface area contributed by atoms with Gasteiger partial charge in [-0.05, 0) is 86.8 Å². The topological polar surface area (TPSA) is 25.4 Å². The van der Waals surface area contributed by atoms with E-state index >= 15 is 0 Å². The van der Waals surface area contributed by atoms with Crippen molar-refractivity contribution in [1.29, 1.82) is 0 Å². The summed E-state index contributed by atoms with van der Waals surface area (Å²) in [6.45, 7) is 8.45. The Balaban J connectivity index is 1.67. The number of halogens is 6. The zero-order valence-corrected chi connectivity index (χ0v) is 23.1. The zero-order valence-electron chi connectivity index (χ0n) is 23.1. The van der Waals surface area contributed by atoms with Gasteiger partial charge in [0, 0.05) is 18.7 Å². The van der Waals surface area contributed by atoms with Crippen molar-refractivity contribution in [1.82, 2.24) is 4.98 Å². The highest BCUT2D eigenvalue weighted by Gasteiger charge is 2.31. The molecule has 0 saturated heterocycles. The summed E-state index contributed by atoms with van der Waals surface area (Å²) in [5.74, 6) is 1.27. The molecular weight excluding hydrogens is 542 g/mol. The molecule has 3 aromatic carbocycles. The molecule has 0 amide bonds. The van der Waals surface area contributed by atoms with Crippen LogP contribution in [0.5, 0.6) is 5.75 Å². The first kappa shape index (κ1) is 30.0. The van der Waals surface area contributed by atoms with Gasteiger partial charge in [-0.25, -0.2) is 4.98 Å². The summed E-state index contributed by atoms with van der Waals surface area (Å²) in [5, 5.41) is 0. The molecule has 4 aromatic rings. The van der Waals surface area contributed by atoms with Crippen LogP contribution < -0.4 is 9.64 Å². The molecule has 216 valence electrons. The average molecular weight is 573 g/mol. The minimum atomic E-state index is -4.45. The Hall–Kier alpha value is -4.01. The van der Waals surface area contributed by atoms with Crippen molar-refractivity contribution in [2.24, 2.45) is 0 Å². The molecule has 9 heteroatoms. The SMILES string of the molecule is Cc1cc(CN(Cc2ccc(C(F)(F)F)cc2)c2cccc(-c3ccc(C(F)(F)F)cc3)n2)ccc1OC(C)(C)C. The van der Waals surface area contributed by atoms with E-state index in [2.05, 4.69) is 0 Å². The molecule has 1 aromatic heterocycles. The van der Waals surface area contributed by atoms with E-state index in [1.54, 1.807) is 18.2 Å². The minimum Gasteiger partial charge on any atom is -0.488 e. The van der Waals surface area contributed by atoms with Crippen molar-refractivity contribution in [3.63, 3.8) is 0 Å². The molecule has 0 radical (unpaired) electrons. The fourth-order valence-electron chi connectivity index (χ4n) is 4.30. The van der Waals surface area contributed by atoms with Crippen LogP contribution in [0.3, 0.4) is 0 Å². The minimum absolute atomic E-state index is 0.251. The second-order valence-electron chi connectivity index (χ2n) is 10.8. The van der Waals surface area contributed by atoms with Crippen molar-refractivity contribution in [3.8, 4) is 17.0 Å². The van der Waals surface area contributed by atoms with E-state index in [4.69, 9.17) is 9.72 Å².